The largest absolute Gasteiger partial charge is 0.309 e. The van der Waals surface area contributed by atoms with Gasteiger partial charge in [0.1, 0.15) is 0 Å². The van der Waals surface area contributed by atoms with Crippen LogP contribution in [-0.2, 0) is 5.41 Å². The lowest BCUT2D eigenvalue weighted by Crippen LogP contribution is -2.15. The van der Waals surface area contributed by atoms with E-state index in [0.717, 1.165) is 39.1 Å². The molecule has 7 aromatic carbocycles. The standard InChI is InChI=1S/C47H33N3/c1-47(2)40-19-11-9-17-35(40)36-24-23-34(29-41(36)47)50-43-20-12-10-18-37(43)38-27-33(22-26-44(38)50)32-21-25-42-39(28-32)45(30-13-5-3-6-14-30)49-46(48-42)31-15-7-4-8-16-31/h3-29H,1-2H3. The minimum atomic E-state index is -0.0614. The van der Waals surface area contributed by atoms with E-state index in [1.165, 1.54) is 55.3 Å². The van der Waals surface area contributed by atoms with E-state index in [-0.39, 0.29) is 5.41 Å². The zero-order chi connectivity index (χ0) is 33.4. The summed E-state index contributed by atoms with van der Waals surface area (Å²) in [6.45, 7) is 4.69. The Morgan fingerprint density at radius 2 is 1.08 bits per heavy atom. The van der Waals surface area contributed by atoms with E-state index < -0.39 is 0 Å². The van der Waals surface area contributed by atoms with Gasteiger partial charge in [-0.25, -0.2) is 9.97 Å². The Labute approximate surface area is 291 Å². The molecule has 50 heavy (non-hydrogen) atoms. The molecule has 10 rings (SSSR count). The van der Waals surface area contributed by atoms with Gasteiger partial charge in [-0.2, -0.15) is 0 Å². The Balaban J connectivity index is 1.14. The maximum Gasteiger partial charge on any atom is 0.160 e. The predicted octanol–water partition coefficient (Wildman–Crippen LogP) is 12.0. The molecule has 0 N–H and O–H groups in total. The van der Waals surface area contributed by atoms with Crippen LogP contribution in [0.15, 0.2) is 164 Å². The lowest BCUT2D eigenvalue weighted by atomic mass is 9.82. The average Bonchev–Trinajstić information content (AvgIpc) is 3.62. The monoisotopic (exact) mass is 639 g/mol. The van der Waals surface area contributed by atoms with Gasteiger partial charge in [0.25, 0.3) is 0 Å². The summed E-state index contributed by atoms with van der Waals surface area (Å²) < 4.78 is 2.43. The van der Waals surface area contributed by atoms with E-state index in [9.17, 15) is 0 Å². The average molecular weight is 640 g/mol. The maximum absolute atomic E-state index is 5.14. The van der Waals surface area contributed by atoms with Gasteiger partial charge in [-0.15, -0.1) is 0 Å². The topological polar surface area (TPSA) is 30.7 Å². The van der Waals surface area contributed by atoms with Crippen LogP contribution in [0.25, 0.3) is 83.3 Å². The molecular formula is C47H33N3. The fourth-order valence-electron chi connectivity index (χ4n) is 8.10. The second kappa shape index (κ2) is 10.8. The minimum absolute atomic E-state index is 0.0614. The zero-order valence-corrected chi connectivity index (χ0v) is 27.9. The summed E-state index contributed by atoms with van der Waals surface area (Å²) in [4.78, 5) is 10.2. The fraction of sp³-hybridized carbons (Fsp3) is 0.0638. The second-order valence-corrected chi connectivity index (χ2v) is 13.8. The van der Waals surface area contributed by atoms with Gasteiger partial charge in [0.15, 0.2) is 5.82 Å². The van der Waals surface area contributed by atoms with Crippen LogP contribution >= 0.6 is 0 Å². The van der Waals surface area contributed by atoms with Gasteiger partial charge in [0.05, 0.1) is 22.2 Å². The highest BCUT2D eigenvalue weighted by atomic mass is 15.0. The van der Waals surface area contributed by atoms with Gasteiger partial charge in [0.2, 0.25) is 0 Å². The number of para-hydroxylation sites is 1. The lowest BCUT2D eigenvalue weighted by molar-refractivity contribution is 0.660. The van der Waals surface area contributed by atoms with E-state index in [1.807, 2.05) is 24.3 Å². The highest BCUT2D eigenvalue weighted by Gasteiger charge is 2.35. The summed E-state index contributed by atoms with van der Waals surface area (Å²) in [5.74, 6) is 0.734. The molecule has 0 saturated carbocycles. The predicted molar refractivity (Wildman–Crippen MR) is 208 cm³/mol. The van der Waals surface area contributed by atoms with Crippen molar-refractivity contribution in [3.05, 3.63) is 175 Å². The first-order chi connectivity index (χ1) is 24.5. The Morgan fingerprint density at radius 1 is 0.440 bits per heavy atom. The molecule has 0 spiro atoms. The maximum atomic E-state index is 5.14. The number of hydrogen-bond donors (Lipinski definition) is 0. The van der Waals surface area contributed by atoms with Gasteiger partial charge >= 0.3 is 0 Å². The normalized spacial score (nSPS) is 13.2. The third-order valence-corrected chi connectivity index (χ3v) is 10.6. The first-order valence-corrected chi connectivity index (χ1v) is 17.3. The van der Waals surface area contributed by atoms with Crippen molar-refractivity contribution in [1.82, 2.24) is 14.5 Å². The van der Waals surface area contributed by atoms with Gasteiger partial charge < -0.3 is 4.57 Å². The highest BCUT2D eigenvalue weighted by molar-refractivity contribution is 6.11. The lowest BCUT2D eigenvalue weighted by Gasteiger charge is -2.22. The van der Waals surface area contributed by atoms with Crippen molar-refractivity contribution in [2.45, 2.75) is 19.3 Å². The minimum Gasteiger partial charge on any atom is -0.309 e. The van der Waals surface area contributed by atoms with Crippen LogP contribution < -0.4 is 0 Å². The molecule has 0 aliphatic heterocycles. The Morgan fingerprint density at radius 3 is 1.90 bits per heavy atom. The Hall–Kier alpha value is -6.32. The molecule has 1 aliphatic carbocycles. The number of fused-ring (bicyclic) bond motifs is 7. The summed E-state index contributed by atoms with van der Waals surface area (Å²) in [5.41, 5.74) is 15.3. The number of benzene rings is 7. The van der Waals surface area contributed by atoms with E-state index in [0.29, 0.717) is 0 Å². The van der Waals surface area contributed by atoms with E-state index in [2.05, 4.69) is 158 Å². The van der Waals surface area contributed by atoms with Gasteiger partial charge in [-0.1, -0.05) is 135 Å². The van der Waals surface area contributed by atoms with Crippen LogP contribution in [0.4, 0.5) is 0 Å². The zero-order valence-electron chi connectivity index (χ0n) is 27.9. The van der Waals surface area contributed by atoms with Crippen LogP contribution in [0, 0.1) is 0 Å². The molecule has 9 aromatic rings. The summed E-state index contributed by atoms with van der Waals surface area (Å²) in [6.07, 6.45) is 0. The Bertz CT molecular complexity index is 2770. The van der Waals surface area contributed by atoms with Gasteiger partial charge in [-0.05, 0) is 75.8 Å². The van der Waals surface area contributed by atoms with E-state index in [4.69, 9.17) is 9.97 Å². The molecule has 3 heteroatoms. The molecule has 0 saturated heterocycles. The third-order valence-electron chi connectivity index (χ3n) is 10.6. The molecule has 0 unspecified atom stereocenters. The number of rotatable bonds is 4. The van der Waals surface area contributed by atoms with E-state index in [1.54, 1.807) is 0 Å². The molecule has 0 atom stereocenters. The molecule has 0 fully saturated rings. The van der Waals surface area contributed by atoms with Gasteiger partial charge in [0, 0.05) is 38.4 Å². The first-order valence-electron chi connectivity index (χ1n) is 17.3. The first kappa shape index (κ1) is 28.7. The Kier molecular flexibility index (Phi) is 6.22. The van der Waals surface area contributed by atoms with Crippen molar-refractivity contribution in [3.8, 4) is 50.6 Å². The van der Waals surface area contributed by atoms with Crippen molar-refractivity contribution in [1.29, 1.82) is 0 Å². The summed E-state index contributed by atoms with van der Waals surface area (Å²) >= 11 is 0. The molecule has 0 bridgehead atoms. The second-order valence-electron chi connectivity index (χ2n) is 13.8. The van der Waals surface area contributed by atoms with Crippen molar-refractivity contribution in [2.24, 2.45) is 0 Å². The smallest absolute Gasteiger partial charge is 0.160 e. The number of hydrogen-bond acceptors (Lipinski definition) is 2. The third kappa shape index (κ3) is 4.30. The summed E-state index contributed by atoms with van der Waals surface area (Å²) in [5, 5.41) is 3.52. The van der Waals surface area contributed by atoms with Crippen LogP contribution in [-0.4, -0.2) is 14.5 Å². The van der Waals surface area contributed by atoms with Crippen molar-refractivity contribution < 1.29 is 0 Å². The van der Waals surface area contributed by atoms with Crippen molar-refractivity contribution in [2.75, 3.05) is 0 Å². The molecule has 3 nitrogen and oxygen atoms in total. The van der Waals surface area contributed by atoms with Crippen molar-refractivity contribution in [3.63, 3.8) is 0 Å². The highest BCUT2D eigenvalue weighted by Crippen LogP contribution is 2.49. The number of nitrogens with zero attached hydrogens (tertiary/aromatic N) is 3. The van der Waals surface area contributed by atoms with Crippen LogP contribution in [0.1, 0.15) is 25.0 Å². The summed E-state index contributed by atoms with van der Waals surface area (Å²) in [7, 11) is 0. The molecule has 236 valence electrons. The van der Waals surface area contributed by atoms with Crippen molar-refractivity contribution >= 4 is 32.7 Å². The van der Waals surface area contributed by atoms with Crippen LogP contribution in [0.5, 0.6) is 0 Å². The SMILES string of the molecule is CC1(C)c2ccccc2-c2ccc(-n3c4ccccc4c4cc(-c5ccc6nc(-c7ccccc7)nc(-c7ccccc7)c6c5)ccc43)cc21. The molecule has 0 radical (unpaired) electrons. The van der Waals surface area contributed by atoms with Gasteiger partial charge in [-0.3, -0.25) is 0 Å². The molecular weight excluding hydrogens is 607 g/mol. The molecule has 2 aromatic heterocycles. The fourth-order valence-corrected chi connectivity index (χ4v) is 8.10. The van der Waals surface area contributed by atoms with Crippen LogP contribution in [0.2, 0.25) is 0 Å². The quantitative estimate of drug-likeness (QED) is 0.192. The molecule has 1 aliphatic rings. The number of aromatic nitrogens is 3. The summed E-state index contributed by atoms with van der Waals surface area (Å²) in [6, 6.07) is 58.8. The van der Waals surface area contributed by atoms with E-state index >= 15 is 0 Å². The molecule has 0 amide bonds. The molecule has 2 heterocycles. The van der Waals surface area contributed by atoms with Crippen LogP contribution in [0.3, 0.4) is 0 Å².